The summed E-state index contributed by atoms with van der Waals surface area (Å²) < 4.78 is 5.03. The monoisotopic (exact) mass is 264 g/mol. The molecule has 1 aromatic rings. The first-order valence-electron chi connectivity index (χ1n) is 6.37. The van der Waals surface area contributed by atoms with E-state index in [9.17, 15) is 9.90 Å². The largest absolute Gasteiger partial charge is 0.504 e. The molecule has 0 aliphatic carbocycles. The number of rotatable bonds is 4. The zero-order valence-electron chi connectivity index (χ0n) is 11.3. The smallest absolute Gasteiger partial charge is 0.161 e. The molecule has 0 saturated carbocycles. The van der Waals surface area contributed by atoms with Crippen molar-refractivity contribution >= 4 is 6.29 Å². The molecule has 2 rings (SSSR count). The summed E-state index contributed by atoms with van der Waals surface area (Å²) in [5, 5.41) is 9.90. The van der Waals surface area contributed by atoms with Crippen molar-refractivity contribution < 1.29 is 14.6 Å². The van der Waals surface area contributed by atoms with Crippen LogP contribution in [0.1, 0.15) is 28.4 Å². The van der Waals surface area contributed by atoms with E-state index >= 15 is 0 Å². The number of methoxy groups -OCH3 is 1. The molecule has 5 nitrogen and oxygen atoms in total. The van der Waals surface area contributed by atoms with Crippen molar-refractivity contribution in [2.45, 2.75) is 12.5 Å². The van der Waals surface area contributed by atoms with Crippen LogP contribution in [0, 0.1) is 5.92 Å². The molecular weight excluding hydrogens is 244 g/mol. The topological polar surface area (TPSA) is 75.8 Å². The number of aromatic hydroxyl groups is 1. The van der Waals surface area contributed by atoms with Crippen LogP contribution >= 0.6 is 0 Å². The van der Waals surface area contributed by atoms with Gasteiger partial charge in [-0.25, -0.2) is 0 Å². The highest BCUT2D eigenvalue weighted by Gasteiger charge is 2.31. The third kappa shape index (κ3) is 2.57. The minimum Gasteiger partial charge on any atom is -0.504 e. The summed E-state index contributed by atoms with van der Waals surface area (Å²) in [6, 6.07) is 3.33. The number of hydrogen-bond acceptors (Lipinski definition) is 5. The Morgan fingerprint density at radius 1 is 1.58 bits per heavy atom. The van der Waals surface area contributed by atoms with Gasteiger partial charge in [0, 0.05) is 18.2 Å². The van der Waals surface area contributed by atoms with Gasteiger partial charge in [-0.15, -0.1) is 0 Å². The Hall–Kier alpha value is -1.59. The number of hydrogen-bond donors (Lipinski definition) is 2. The zero-order valence-corrected chi connectivity index (χ0v) is 11.3. The van der Waals surface area contributed by atoms with Gasteiger partial charge in [0.1, 0.15) is 0 Å². The van der Waals surface area contributed by atoms with Crippen LogP contribution in [0.3, 0.4) is 0 Å². The van der Waals surface area contributed by atoms with Gasteiger partial charge in [0.05, 0.1) is 7.11 Å². The van der Waals surface area contributed by atoms with Crippen LogP contribution in [0.4, 0.5) is 0 Å². The van der Waals surface area contributed by atoms with Crippen molar-refractivity contribution in [2.24, 2.45) is 11.7 Å². The van der Waals surface area contributed by atoms with Crippen LogP contribution in [0.15, 0.2) is 12.1 Å². The molecule has 1 aliphatic heterocycles. The van der Waals surface area contributed by atoms with E-state index in [1.54, 1.807) is 12.1 Å². The van der Waals surface area contributed by atoms with Crippen LogP contribution in [0.2, 0.25) is 0 Å². The number of phenols is 1. The Balaban J connectivity index is 2.39. The third-order valence-corrected chi connectivity index (χ3v) is 3.84. The maximum Gasteiger partial charge on any atom is 0.161 e. The normalized spacial score (nSPS) is 23.5. The van der Waals surface area contributed by atoms with Crippen LogP contribution < -0.4 is 10.5 Å². The summed E-state index contributed by atoms with van der Waals surface area (Å²) >= 11 is 0. The molecule has 1 aromatic carbocycles. The predicted molar refractivity (Wildman–Crippen MR) is 72.6 cm³/mol. The number of nitrogens with two attached hydrogens (primary N) is 1. The van der Waals surface area contributed by atoms with Crippen LogP contribution in [-0.2, 0) is 0 Å². The van der Waals surface area contributed by atoms with Crippen molar-refractivity contribution in [1.82, 2.24) is 4.90 Å². The van der Waals surface area contributed by atoms with E-state index in [0.717, 1.165) is 24.8 Å². The molecule has 5 heteroatoms. The highest BCUT2D eigenvalue weighted by molar-refractivity contribution is 5.79. The Bertz CT molecular complexity index is 476. The second-order valence-corrected chi connectivity index (χ2v) is 5.06. The van der Waals surface area contributed by atoms with Crippen molar-refractivity contribution in [1.29, 1.82) is 0 Å². The number of nitrogens with zero attached hydrogens (tertiary/aromatic N) is 1. The van der Waals surface area contributed by atoms with Crippen LogP contribution in [-0.4, -0.2) is 43.5 Å². The van der Waals surface area contributed by atoms with Gasteiger partial charge >= 0.3 is 0 Å². The standard InChI is InChI=1S/C14H20N2O3/c1-16-7-9(6-15)3-12(16)11-5-13(18)14(19-2)4-10(11)8-17/h4-5,8-9,12,18H,3,6-7,15H2,1-2H3. The number of likely N-dealkylation sites (tertiary alicyclic amines) is 1. The second kappa shape index (κ2) is 5.59. The maximum absolute atomic E-state index is 11.2. The second-order valence-electron chi connectivity index (χ2n) is 5.06. The van der Waals surface area contributed by atoms with Crippen molar-refractivity contribution in [2.75, 3.05) is 27.2 Å². The summed E-state index contributed by atoms with van der Waals surface area (Å²) in [6.45, 7) is 1.55. The lowest BCUT2D eigenvalue weighted by Crippen LogP contribution is -2.21. The van der Waals surface area contributed by atoms with Crippen molar-refractivity contribution in [3.63, 3.8) is 0 Å². The van der Waals surface area contributed by atoms with E-state index in [4.69, 9.17) is 10.5 Å². The van der Waals surface area contributed by atoms with Gasteiger partial charge in [0.15, 0.2) is 17.8 Å². The van der Waals surface area contributed by atoms with E-state index in [-0.39, 0.29) is 11.8 Å². The molecule has 3 N–H and O–H groups in total. The minimum atomic E-state index is 0.0627. The summed E-state index contributed by atoms with van der Waals surface area (Å²) in [5.41, 5.74) is 7.12. The minimum absolute atomic E-state index is 0.0627. The molecule has 1 saturated heterocycles. The molecule has 2 atom stereocenters. The Morgan fingerprint density at radius 2 is 2.32 bits per heavy atom. The summed E-state index contributed by atoms with van der Waals surface area (Å²) in [7, 11) is 3.48. The van der Waals surface area contributed by atoms with Gasteiger partial charge in [0.2, 0.25) is 0 Å². The average molecular weight is 264 g/mol. The number of phenolic OH excluding ortho intramolecular Hbond substituents is 1. The van der Waals surface area contributed by atoms with Gasteiger partial charge in [-0.05, 0) is 43.6 Å². The number of carbonyl (C=O) groups is 1. The lowest BCUT2D eigenvalue weighted by Gasteiger charge is -2.21. The third-order valence-electron chi connectivity index (χ3n) is 3.84. The first-order valence-corrected chi connectivity index (χ1v) is 6.37. The van der Waals surface area contributed by atoms with E-state index in [2.05, 4.69) is 4.90 Å². The Labute approximate surface area is 113 Å². The lowest BCUT2D eigenvalue weighted by atomic mass is 9.95. The van der Waals surface area contributed by atoms with Crippen LogP contribution in [0.5, 0.6) is 11.5 Å². The SMILES string of the molecule is COc1cc(C=O)c(C2CC(CN)CN2C)cc1O. The molecule has 1 fully saturated rings. The van der Waals surface area contributed by atoms with E-state index in [1.165, 1.54) is 7.11 Å². The summed E-state index contributed by atoms with van der Waals surface area (Å²) in [5.74, 6) is 0.813. The number of ether oxygens (including phenoxy) is 1. The number of aldehydes is 1. The first kappa shape index (κ1) is 13.8. The summed E-state index contributed by atoms with van der Waals surface area (Å²) in [6.07, 6.45) is 1.71. The molecule has 0 spiro atoms. The van der Waals surface area contributed by atoms with Gasteiger partial charge in [-0.2, -0.15) is 0 Å². The fourth-order valence-electron chi connectivity index (χ4n) is 2.79. The van der Waals surface area contributed by atoms with Crippen molar-refractivity contribution in [3.8, 4) is 11.5 Å². The van der Waals surface area contributed by atoms with Gasteiger partial charge in [0.25, 0.3) is 0 Å². The molecule has 0 aromatic heterocycles. The summed E-state index contributed by atoms with van der Waals surface area (Å²) in [4.78, 5) is 13.4. The molecule has 1 heterocycles. The molecule has 0 radical (unpaired) electrons. The van der Waals surface area contributed by atoms with E-state index in [0.29, 0.717) is 23.8 Å². The van der Waals surface area contributed by atoms with Crippen molar-refractivity contribution in [3.05, 3.63) is 23.3 Å². The lowest BCUT2D eigenvalue weighted by molar-refractivity contribution is 0.112. The fourth-order valence-corrected chi connectivity index (χ4v) is 2.79. The molecule has 0 amide bonds. The number of benzene rings is 1. The van der Waals surface area contributed by atoms with Crippen LogP contribution in [0.25, 0.3) is 0 Å². The first-order chi connectivity index (χ1) is 9.10. The highest BCUT2D eigenvalue weighted by Crippen LogP contribution is 2.39. The zero-order chi connectivity index (χ0) is 14.0. The Kier molecular flexibility index (Phi) is 4.07. The molecule has 104 valence electrons. The molecule has 2 unspecified atom stereocenters. The van der Waals surface area contributed by atoms with Gasteiger partial charge in [-0.1, -0.05) is 0 Å². The highest BCUT2D eigenvalue weighted by atomic mass is 16.5. The van der Waals surface area contributed by atoms with Gasteiger partial charge < -0.3 is 15.6 Å². The fraction of sp³-hybridized carbons (Fsp3) is 0.500. The molecule has 1 aliphatic rings. The molecular formula is C14H20N2O3. The number of carbonyl (C=O) groups excluding carboxylic acids is 1. The molecule has 0 bridgehead atoms. The molecule has 19 heavy (non-hydrogen) atoms. The van der Waals surface area contributed by atoms with E-state index in [1.807, 2.05) is 7.05 Å². The predicted octanol–water partition coefficient (Wildman–Crippen LogP) is 1.16. The Morgan fingerprint density at radius 3 is 2.84 bits per heavy atom. The maximum atomic E-state index is 11.2. The van der Waals surface area contributed by atoms with E-state index < -0.39 is 0 Å². The average Bonchev–Trinajstić information content (AvgIpc) is 2.79. The quantitative estimate of drug-likeness (QED) is 0.798. The van der Waals surface area contributed by atoms with Gasteiger partial charge in [-0.3, -0.25) is 9.69 Å².